The van der Waals surface area contributed by atoms with Gasteiger partial charge in [-0.1, -0.05) is 39.8 Å². The van der Waals surface area contributed by atoms with Gasteiger partial charge in [0.15, 0.2) is 5.82 Å². The Hall–Kier alpha value is -0.200. The fourth-order valence-electron chi connectivity index (χ4n) is 1.79. The maximum Gasteiger partial charge on any atom is 0.244 e. The first-order valence-corrected chi connectivity index (χ1v) is 8.64. The molecule has 1 aliphatic rings. The minimum atomic E-state index is -0.216. The van der Waals surface area contributed by atoms with Gasteiger partial charge < -0.3 is 10.3 Å². The smallest absolute Gasteiger partial charge is 0.244 e. The molecule has 2 N–H and O–H groups in total. The van der Waals surface area contributed by atoms with Crippen molar-refractivity contribution in [3.05, 3.63) is 11.7 Å². The van der Waals surface area contributed by atoms with Gasteiger partial charge in [0, 0.05) is 16.3 Å². The minimum Gasteiger partial charge on any atom is -0.338 e. The highest BCUT2D eigenvalue weighted by Gasteiger charge is 2.32. The Kier molecular flexibility index (Phi) is 4.52. The lowest BCUT2D eigenvalue weighted by Gasteiger charge is -2.29. The highest BCUT2D eigenvalue weighted by Crippen LogP contribution is 2.43. The molecular formula is C13H23N3OS2. The van der Waals surface area contributed by atoms with E-state index in [1.165, 1.54) is 0 Å². The van der Waals surface area contributed by atoms with Crippen LogP contribution in [0.2, 0.25) is 0 Å². The average Bonchev–Trinajstić information content (AvgIpc) is 2.79. The zero-order chi connectivity index (χ0) is 14.2. The molecule has 6 heteroatoms. The third kappa shape index (κ3) is 3.47. The normalized spacial score (nSPS) is 30.3. The number of hydrogen-bond acceptors (Lipinski definition) is 6. The van der Waals surface area contributed by atoms with Gasteiger partial charge in [-0.3, -0.25) is 0 Å². The Morgan fingerprint density at radius 2 is 2.00 bits per heavy atom. The fourth-order valence-corrected chi connectivity index (χ4v) is 4.63. The molecular weight excluding hydrogens is 278 g/mol. The molecule has 1 aromatic heterocycles. The van der Waals surface area contributed by atoms with Gasteiger partial charge in [0.05, 0.1) is 11.3 Å². The third-order valence-electron chi connectivity index (χ3n) is 3.49. The Labute approximate surface area is 123 Å². The molecule has 0 amide bonds. The molecule has 0 aromatic carbocycles. The van der Waals surface area contributed by atoms with Gasteiger partial charge >= 0.3 is 0 Å². The molecule has 2 heterocycles. The van der Waals surface area contributed by atoms with Crippen molar-refractivity contribution in [2.45, 2.75) is 56.4 Å². The lowest BCUT2D eigenvalue weighted by Crippen LogP contribution is -2.26. The largest absolute Gasteiger partial charge is 0.338 e. The summed E-state index contributed by atoms with van der Waals surface area (Å²) in [6.07, 6.45) is 0. The molecule has 0 aliphatic carbocycles. The number of rotatable bonds is 2. The van der Waals surface area contributed by atoms with Crippen LogP contribution in [0, 0.1) is 5.41 Å². The molecule has 1 fully saturated rings. The highest BCUT2D eigenvalue weighted by molar-refractivity contribution is 8.07. The Balaban J connectivity index is 2.09. The maximum absolute atomic E-state index is 6.16. The summed E-state index contributed by atoms with van der Waals surface area (Å²) in [6.45, 7) is 10.8. The van der Waals surface area contributed by atoms with Gasteiger partial charge in [-0.05, 0) is 5.41 Å². The van der Waals surface area contributed by atoms with Crippen LogP contribution in [0.4, 0.5) is 0 Å². The second-order valence-corrected chi connectivity index (χ2v) is 9.20. The average molecular weight is 301 g/mol. The van der Waals surface area contributed by atoms with E-state index in [0.717, 1.165) is 11.6 Å². The summed E-state index contributed by atoms with van der Waals surface area (Å²) >= 11 is 3.91. The monoisotopic (exact) mass is 301 g/mol. The van der Waals surface area contributed by atoms with E-state index in [1.807, 2.05) is 23.5 Å². The minimum absolute atomic E-state index is 0.0694. The molecule has 108 valence electrons. The number of hydrogen-bond donors (Lipinski definition) is 1. The van der Waals surface area contributed by atoms with Crippen LogP contribution in [0.1, 0.15) is 57.6 Å². The molecule has 3 unspecified atom stereocenters. The zero-order valence-corrected chi connectivity index (χ0v) is 13.8. The number of nitrogens with zero attached hydrogens (tertiary/aromatic N) is 2. The van der Waals surface area contributed by atoms with Crippen LogP contribution in [-0.2, 0) is 0 Å². The molecule has 4 atom stereocenters. The van der Waals surface area contributed by atoms with Gasteiger partial charge in [-0.2, -0.15) is 16.7 Å². The molecule has 0 bridgehead atoms. The Morgan fingerprint density at radius 1 is 1.32 bits per heavy atom. The SMILES string of the molecule is CC1SCC(c2noc([C@@H](N)C(C)(C)C)n2)SC1C. The van der Waals surface area contributed by atoms with E-state index < -0.39 is 0 Å². The van der Waals surface area contributed by atoms with Crippen molar-refractivity contribution in [3.8, 4) is 0 Å². The van der Waals surface area contributed by atoms with Crippen molar-refractivity contribution in [1.29, 1.82) is 0 Å². The summed E-state index contributed by atoms with van der Waals surface area (Å²) in [5.41, 5.74) is 6.09. The van der Waals surface area contributed by atoms with Gasteiger partial charge in [0.2, 0.25) is 5.89 Å². The van der Waals surface area contributed by atoms with Crippen molar-refractivity contribution < 1.29 is 4.52 Å². The molecule has 4 nitrogen and oxygen atoms in total. The first-order valence-electron chi connectivity index (χ1n) is 6.65. The highest BCUT2D eigenvalue weighted by atomic mass is 32.2. The second-order valence-electron chi connectivity index (χ2n) is 6.20. The molecule has 0 spiro atoms. The number of nitrogens with two attached hydrogens (primary N) is 1. The van der Waals surface area contributed by atoms with Gasteiger partial charge in [-0.15, -0.1) is 11.8 Å². The molecule has 2 rings (SSSR count). The van der Waals surface area contributed by atoms with Gasteiger partial charge in [-0.25, -0.2) is 0 Å². The molecule has 0 saturated carbocycles. The van der Waals surface area contributed by atoms with E-state index in [4.69, 9.17) is 10.3 Å². The van der Waals surface area contributed by atoms with Crippen LogP contribution < -0.4 is 5.73 Å². The van der Waals surface area contributed by atoms with Crippen molar-refractivity contribution in [2.75, 3.05) is 5.75 Å². The topological polar surface area (TPSA) is 64.9 Å². The van der Waals surface area contributed by atoms with Crippen LogP contribution in [0.3, 0.4) is 0 Å². The van der Waals surface area contributed by atoms with Crippen LogP contribution in [0.5, 0.6) is 0 Å². The van der Waals surface area contributed by atoms with Crippen molar-refractivity contribution in [1.82, 2.24) is 10.1 Å². The van der Waals surface area contributed by atoms with Crippen molar-refractivity contribution >= 4 is 23.5 Å². The van der Waals surface area contributed by atoms with E-state index >= 15 is 0 Å². The van der Waals surface area contributed by atoms with Crippen LogP contribution >= 0.6 is 23.5 Å². The number of thioether (sulfide) groups is 2. The van der Waals surface area contributed by atoms with E-state index in [-0.39, 0.29) is 11.5 Å². The van der Waals surface area contributed by atoms with E-state index in [2.05, 4.69) is 44.8 Å². The number of aromatic nitrogens is 2. The summed E-state index contributed by atoms with van der Waals surface area (Å²) in [5.74, 6) is 2.39. The van der Waals surface area contributed by atoms with E-state index in [9.17, 15) is 0 Å². The Bertz CT molecular complexity index is 430. The molecule has 1 saturated heterocycles. The second kappa shape index (κ2) is 5.66. The fraction of sp³-hybridized carbons (Fsp3) is 0.846. The summed E-state index contributed by atoms with van der Waals surface area (Å²) in [5, 5.41) is 5.75. The molecule has 1 aliphatic heterocycles. The standard InChI is InChI=1S/C13H23N3OS2/c1-7-8(2)19-9(6-18-7)11-15-12(17-16-11)10(14)13(3,4)5/h7-10H,6,14H2,1-5H3/t7?,8?,9?,10-/m1/s1. The summed E-state index contributed by atoms with van der Waals surface area (Å²) < 4.78 is 5.36. The van der Waals surface area contributed by atoms with Crippen LogP contribution in [0.15, 0.2) is 4.52 Å². The predicted molar refractivity (Wildman–Crippen MR) is 82.4 cm³/mol. The van der Waals surface area contributed by atoms with Gasteiger partial charge in [0.25, 0.3) is 0 Å². The zero-order valence-electron chi connectivity index (χ0n) is 12.2. The first-order chi connectivity index (χ1) is 8.79. The lowest BCUT2D eigenvalue weighted by atomic mass is 9.87. The lowest BCUT2D eigenvalue weighted by molar-refractivity contribution is 0.252. The van der Waals surface area contributed by atoms with Crippen LogP contribution in [0.25, 0.3) is 0 Å². The quantitative estimate of drug-likeness (QED) is 0.903. The maximum atomic E-state index is 6.16. The third-order valence-corrected chi connectivity index (χ3v) is 6.88. The van der Waals surface area contributed by atoms with E-state index in [0.29, 0.717) is 21.6 Å². The van der Waals surface area contributed by atoms with E-state index in [1.54, 1.807) is 0 Å². The first kappa shape index (κ1) is 15.2. The predicted octanol–water partition coefficient (Wildman–Crippen LogP) is 3.41. The molecule has 0 radical (unpaired) electrons. The van der Waals surface area contributed by atoms with Crippen LogP contribution in [-0.4, -0.2) is 26.4 Å². The van der Waals surface area contributed by atoms with Crippen molar-refractivity contribution in [2.24, 2.45) is 11.1 Å². The summed E-state index contributed by atoms with van der Waals surface area (Å²) in [6, 6.07) is -0.216. The van der Waals surface area contributed by atoms with Gasteiger partial charge in [0.1, 0.15) is 0 Å². The summed E-state index contributed by atoms with van der Waals surface area (Å²) in [4.78, 5) is 4.52. The molecule has 1 aromatic rings. The molecule has 19 heavy (non-hydrogen) atoms. The summed E-state index contributed by atoms with van der Waals surface area (Å²) in [7, 11) is 0. The van der Waals surface area contributed by atoms with Crippen molar-refractivity contribution in [3.63, 3.8) is 0 Å². The Morgan fingerprint density at radius 3 is 2.58 bits per heavy atom.